The molecule has 2 N–H and O–H groups in total. The molecule has 0 fully saturated rings. The molecule has 0 radical (unpaired) electrons. The second kappa shape index (κ2) is 8.62. The number of methoxy groups -OCH3 is 2. The number of likely N-dealkylation sites (N-methyl/N-ethyl adjacent to an activating group) is 1. The first-order valence-corrected chi connectivity index (χ1v) is 10.2. The first-order chi connectivity index (χ1) is 14.5. The topological polar surface area (TPSA) is 80.6 Å². The standard InChI is InChI=1S/C23H29NO6/c1-24-9-8-15-11-20-22(30-13-29-20)23(28-3)21(15)17(24)12-16(25)6-4-14-5-7-18(26)19(10-14)27-2/h5,7,10-11,16-17,25-26H,4,6,8-9,12-13H2,1-3H3. The van der Waals surface area contributed by atoms with Crippen molar-refractivity contribution in [1.82, 2.24) is 4.90 Å². The molecule has 0 bridgehead atoms. The molecule has 30 heavy (non-hydrogen) atoms. The molecule has 162 valence electrons. The van der Waals surface area contributed by atoms with Crippen LogP contribution in [-0.2, 0) is 12.8 Å². The minimum absolute atomic E-state index is 0.0301. The molecule has 2 aliphatic heterocycles. The van der Waals surface area contributed by atoms with Crippen LogP contribution in [0, 0.1) is 0 Å². The summed E-state index contributed by atoms with van der Waals surface area (Å²) in [5.41, 5.74) is 3.29. The number of aryl methyl sites for hydroxylation is 1. The molecule has 0 saturated carbocycles. The van der Waals surface area contributed by atoms with E-state index in [9.17, 15) is 10.2 Å². The van der Waals surface area contributed by atoms with Crippen molar-refractivity contribution in [1.29, 1.82) is 0 Å². The zero-order chi connectivity index (χ0) is 21.3. The van der Waals surface area contributed by atoms with E-state index in [1.54, 1.807) is 13.2 Å². The van der Waals surface area contributed by atoms with Gasteiger partial charge in [0.1, 0.15) is 0 Å². The first-order valence-electron chi connectivity index (χ1n) is 10.2. The molecular weight excluding hydrogens is 386 g/mol. The van der Waals surface area contributed by atoms with Crippen LogP contribution in [0.15, 0.2) is 24.3 Å². The number of phenols is 1. The molecule has 2 aromatic carbocycles. The third-order valence-electron chi connectivity index (χ3n) is 6.05. The number of phenolic OH excluding ortho intramolecular Hbond substituents is 1. The maximum Gasteiger partial charge on any atom is 0.231 e. The normalized spacial score (nSPS) is 18.7. The Hall–Kier alpha value is -2.64. The predicted molar refractivity (Wildman–Crippen MR) is 112 cm³/mol. The van der Waals surface area contributed by atoms with E-state index in [1.165, 1.54) is 12.7 Å². The fraction of sp³-hybridized carbons (Fsp3) is 0.478. The highest BCUT2D eigenvalue weighted by atomic mass is 16.7. The average molecular weight is 415 g/mol. The number of fused-ring (bicyclic) bond motifs is 2. The Morgan fingerprint density at radius 3 is 2.80 bits per heavy atom. The maximum atomic E-state index is 10.8. The van der Waals surface area contributed by atoms with Gasteiger partial charge in [-0.2, -0.15) is 0 Å². The van der Waals surface area contributed by atoms with Gasteiger partial charge < -0.3 is 29.2 Å². The van der Waals surface area contributed by atoms with Gasteiger partial charge in [0.2, 0.25) is 12.5 Å². The molecule has 4 rings (SSSR count). The number of hydrogen-bond acceptors (Lipinski definition) is 7. The van der Waals surface area contributed by atoms with E-state index in [1.807, 2.05) is 12.1 Å². The second-order valence-corrected chi connectivity index (χ2v) is 7.90. The highest BCUT2D eigenvalue weighted by molar-refractivity contribution is 5.61. The van der Waals surface area contributed by atoms with Crippen molar-refractivity contribution in [3.05, 3.63) is 41.0 Å². The number of ether oxygens (including phenoxy) is 4. The molecule has 0 saturated heterocycles. The second-order valence-electron chi connectivity index (χ2n) is 7.90. The van der Waals surface area contributed by atoms with Crippen molar-refractivity contribution in [3.8, 4) is 28.7 Å². The highest BCUT2D eigenvalue weighted by Crippen LogP contribution is 2.50. The monoisotopic (exact) mass is 415 g/mol. The minimum Gasteiger partial charge on any atom is -0.504 e. The quantitative estimate of drug-likeness (QED) is 0.719. The molecule has 2 heterocycles. The summed E-state index contributed by atoms with van der Waals surface area (Å²) in [5.74, 6) is 2.67. The van der Waals surface area contributed by atoms with Gasteiger partial charge in [0.05, 0.1) is 20.3 Å². The SMILES string of the molecule is COc1cc(CCC(O)CC2c3c(cc4c(c3OC)OCO4)CCN2C)ccc1O. The van der Waals surface area contributed by atoms with Crippen LogP contribution in [0.3, 0.4) is 0 Å². The smallest absolute Gasteiger partial charge is 0.231 e. The van der Waals surface area contributed by atoms with E-state index in [0.29, 0.717) is 36.5 Å². The highest BCUT2D eigenvalue weighted by Gasteiger charge is 2.34. The summed E-state index contributed by atoms with van der Waals surface area (Å²) in [4.78, 5) is 2.26. The van der Waals surface area contributed by atoms with Gasteiger partial charge in [0.15, 0.2) is 23.0 Å². The van der Waals surface area contributed by atoms with Gasteiger partial charge in [-0.1, -0.05) is 6.07 Å². The summed E-state index contributed by atoms with van der Waals surface area (Å²) < 4.78 is 22.1. The van der Waals surface area contributed by atoms with Gasteiger partial charge in [-0.05, 0) is 62.1 Å². The summed E-state index contributed by atoms with van der Waals surface area (Å²) in [6.07, 6.45) is 2.31. The number of hydrogen-bond donors (Lipinski definition) is 2. The van der Waals surface area contributed by atoms with E-state index in [0.717, 1.165) is 29.8 Å². The maximum absolute atomic E-state index is 10.8. The van der Waals surface area contributed by atoms with E-state index in [4.69, 9.17) is 18.9 Å². The molecule has 0 amide bonds. The Morgan fingerprint density at radius 2 is 2.03 bits per heavy atom. The lowest BCUT2D eigenvalue weighted by atomic mass is 9.87. The van der Waals surface area contributed by atoms with Crippen LogP contribution in [0.1, 0.15) is 35.6 Å². The lowest BCUT2D eigenvalue weighted by Gasteiger charge is -2.37. The molecule has 2 unspecified atom stereocenters. The van der Waals surface area contributed by atoms with Crippen molar-refractivity contribution in [3.63, 3.8) is 0 Å². The average Bonchev–Trinajstić information content (AvgIpc) is 3.22. The first kappa shape index (κ1) is 20.6. The summed E-state index contributed by atoms with van der Waals surface area (Å²) in [6.45, 7) is 1.11. The predicted octanol–water partition coefficient (Wildman–Crippen LogP) is 3.05. The Bertz CT molecular complexity index is 915. The van der Waals surface area contributed by atoms with Crippen LogP contribution >= 0.6 is 0 Å². The van der Waals surface area contributed by atoms with Crippen molar-refractivity contribution in [2.45, 2.75) is 37.8 Å². The van der Waals surface area contributed by atoms with Gasteiger partial charge >= 0.3 is 0 Å². The molecule has 0 aliphatic carbocycles. The number of benzene rings is 2. The van der Waals surface area contributed by atoms with Crippen LogP contribution in [0.2, 0.25) is 0 Å². The molecular formula is C23H29NO6. The van der Waals surface area contributed by atoms with Gasteiger partial charge in [-0.15, -0.1) is 0 Å². The van der Waals surface area contributed by atoms with E-state index >= 15 is 0 Å². The van der Waals surface area contributed by atoms with E-state index in [2.05, 4.69) is 18.0 Å². The third-order valence-corrected chi connectivity index (χ3v) is 6.05. The van der Waals surface area contributed by atoms with Crippen LogP contribution in [0.25, 0.3) is 0 Å². The molecule has 2 atom stereocenters. The zero-order valence-electron chi connectivity index (χ0n) is 17.7. The van der Waals surface area contributed by atoms with Crippen molar-refractivity contribution in [2.24, 2.45) is 0 Å². The van der Waals surface area contributed by atoms with Crippen molar-refractivity contribution < 1.29 is 29.2 Å². The van der Waals surface area contributed by atoms with Crippen LogP contribution in [0.4, 0.5) is 0 Å². The summed E-state index contributed by atoms with van der Waals surface area (Å²) in [5, 5.41) is 20.6. The minimum atomic E-state index is -0.488. The Kier molecular flexibility index (Phi) is 5.92. The van der Waals surface area contributed by atoms with Crippen LogP contribution < -0.4 is 18.9 Å². The lowest BCUT2D eigenvalue weighted by molar-refractivity contribution is 0.101. The van der Waals surface area contributed by atoms with Crippen molar-refractivity contribution >= 4 is 0 Å². The number of nitrogens with zero attached hydrogens (tertiary/aromatic N) is 1. The Labute approximate surface area is 176 Å². The fourth-order valence-electron chi connectivity index (χ4n) is 4.41. The van der Waals surface area contributed by atoms with Crippen LogP contribution in [-0.4, -0.2) is 55.8 Å². The van der Waals surface area contributed by atoms with E-state index < -0.39 is 6.10 Å². The number of rotatable bonds is 7. The van der Waals surface area contributed by atoms with Crippen LogP contribution in [0.5, 0.6) is 28.7 Å². The fourth-order valence-corrected chi connectivity index (χ4v) is 4.41. The molecule has 2 aliphatic rings. The Morgan fingerprint density at radius 1 is 1.20 bits per heavy atom. The lowest BCUT2D eigenvalue weighted by Crippen LogP contribution is -2.34. The number of aliphatic hydroxyl groups is 1. The van der Waals surface area contributed by atoms with Gasteiger partial charge in [0, 0.05) is 18.2 Å². The largest absolute Gasteiger partial charge is 0.504 e. The summed E-state index contributed by atoms with van der Waals surface area (Å²) >= 11 is 0. The van der Waals surface area contributed by atoms with Gasteiger partial charge in [-0.25, -0.2) is 0 Å². The molecule has 0 spiro atoms. The van der Waals surface area contributed by atoms with Gasteiger partial charge in [0.25, 0.3) is 0 Å². The Balaban J connectivity index is 1.51. The summed E-state index contributed by atoms with van der Waals surface area (Å²) in [6, 6.07) is 7.38. The van der Waals surface area contributed by atoms with E-state index in [-0.39, 0.29) is 18.6 Å². The molecule has 2 aromatic rings. The third kappa shape index (κ3) is 3.87. The number of aliphatic hydroxyl groups excluding tert-OH is 1. The zero-order valence-corrected chi connectivity index (χ0v) is 17.7. The van der Waals surface area contributed by atoms with Gasteiger partial charge in [-0.3, -0.25) is 4.90 Å². The molecule has 7 heteroatoms. The molecule has 7 nitrogen and oxygen atoms in total. The van der Waals surface area contributed by atoms with Crippen molar-refractivity contribution in [2.75, 3.05) is 34.6 Å². The number of aromatic hydroxyl groups is 1. The molecule has 0 aromatic heterocycles. The summed E-state index contributed by atoms with van der Waals surface area (Å²) in [7, 11) is 5.26.